The van der Waals surface area contributed by atoms with E-state index in [1.54, 1.807) is 0 Å². The molecule has 0 radical (unpaired) electrons. The van der Waals surface area contributed by atoms with Crippen LogP contribution in [0.3, 0.4) is 0 Å². The molecule has 0 aliphatic heterocycles. The maximum atomic E-state index is 3.56. The summed E-state index contributed by atoms with van der Waals surface area (Å²) in [6.45, 7) is 0. The van der Waals surface area contributed by atoms with Crippen LogP contribution in [0.5, 0.6) is 0 Å². The number of aromatic amines is 1. The summed E-state index contributed by atoms with van der Waals surface area (Å²) < 4.78 is 1.11. The first-order chi connectivity index (χ1) is 10.3. The lowest BCUT2D eigenvalue weighted by Gasteiger charge is -2.04. The minimum atomic E-state index is 0.977. The molecule has 2 heteroatoms. The van der Waals surface area contributed by atoms with Gasteiger partial charge in [-0.15, -0.1) is 0 Å². The van der Waals surface area contributed by atoms with Crippen LogP contribution in [0.1, 0.15) is 12.0 Å². The molecule has 0 saturated heterocycles. The quantitative estimate of drug-likeness (QED) is 0.562. The summed E-state index contributed by atoms with van der Waals surface area (Å²) in [5, 5.41) is 2.54. The smallest absolute Gasteiger partial charge is 0.0465 e. The Hall–Kier alpha value is -2.06. The van der Waals surface area contributed by atoms with Crippen LogP contribution >= 0.6 is 15.9 Å². The van der Waals surface area contributed by atoms with Crippen LogP contribution in [-0.2, 0) is 0 Å². The number of fused-ring (bicyclic) bond motifs is 3. The van der Waals surface area contributed by atoms with E-state index in [-0.39, 0.29) is 0 Å². The molecule has 0 spiro atoms. The molecule has 0 bridgehead atoms. The first kappa shape index (κ1) is 12.7. The minimum absolute atomic E-state index is 0.977. The highest BCUT2D eigenvalue weighted by Crippen LogP contribution is 2.31. The monoisotopic (exact) mass is 335 g/mol. The van der Waals surface area contributed by atoms with Crippen molar-refractivity contribution >= 4 is 43.3 Å². The summed E-state index contributed by atoms with van der Waals surface area (Å²) in [5.74, 6) is 0. The Morgan fingerprint density at radius 2 is 1.67 bits per heavy atom. The lowest BCUT2D eigenvalue weighted by atomic mass is 10.0. The lowest BCUT2D eigenvalue weighted by molar-refractivity contribution is 1.40. The standard InChI is InChI=1S/C19H14BrN/c20-15-8-10-19-17(12-15)16-11-14(7-9-18(16)21-19)13-5-3-1-2-4-6-13/h1-5,7-12,21H,6H2. The van der Waals surface area contributed by atoms with Crippen molar-refractivity contribution in [1.82, 2.24) is 4.98 Å². The van der Waals surface area contributed by atoms with Gasteiger partial charge in [-0.2, -0.15) is 0 Å². The molecule has 1 heterocycles. The van der Waals surface area contributed by atoms with Gasteiger partial charge in [0.05, 0.1) is 0 Å². The third-order valence-electron chi connectivity index (χ3n) is 3.92. The molecule has 21 heavy (non-hydrogen) atoms. The van der Waals surface area contributed by atoms with Crippen molar-refractivity contribution < 1.29 is 0 Å². The summed E-state index contributed by atoms with van der Waals surface area (Å²) in [7, 11) is 0. The van der Waals surface area contributed by atoms with Gasteiger partial charge in [-0.3, -0.25) is 0 Å². The van der Waals surface area contributed by atoms with Crippen LogP contribution in [0, 0.1) is 0 Å². The first-order valence-electron chi connectivity index (χ1n) is 7.05. The topological polar surface area (TPSA) is 15.8 Å². The van der Waals surface area contributed by atoms with Crippen molar-refractivity contribution in [3.05, 3.63) is 76.8 Å². The Labute approximate surface area is 131 Å². The van der Waals surface area contributed by atoms with Crippen molar-refractivity contribution in [2.24, 2.45) is 0 Å². The second-order valence-electron chi connectivity index (χ2n) is 5.28. The molecule has 1 aromatic heterocycles. The van der Waals surface area contributed by atoms with Crippen molar-refractivity contribution in [3.8, 4) is 0 Å². The predicted octanol–water partition coefficient (Wildman–Crippen LogP) is 5.98. The van der Waals surface area contributed by atoms with E-state index in [1.807, 2.05) is 0 Å². The normalized spacial score (nSPS) is 14.6. The molecule has 1 nitrogen and oxygen atoms in total. The Balaban J connectivity index is 1.94. The molecular weight excluding hydrogens is 322 g/mol. The van der Waals surface area contributed by atoms with Crippen LogP contribution in [0.25, 0.3) is 27.4 Å². The summed E-state index contributed by atoms with van der Waals surface area (Å²) in [6, 6.07) is 13.0. The lowest BCUT2D eigenvalue weighted by Crippen LogP contribution is -1.82. The maximum Gasteiger partial charge on any atom is 0.0465 e. The molecule has 2 aromatic carbocycles. The third kappa shape index (κ3) is 2.26. The zero-order valence-corrected chi connectivity index (χ0v) is 13.0. The Bertz CT molecular complexity index is 925. The molecule has 1 N–H and O–H groups in total. The van der Waals surface area contributed by atoms with Crippen molar-refractivity contribution in [1.29, 1.82) is 0 Å². The fraction of sp³-hybridized carbons (Fsp3) is 0.0526. The molecule has 0 saturated carbocycles. The second kappa shape index (κ2) is 5.05. The van der Waals surface area contributed by atoms with Crippen LogP contribution in [0.2, 0.25) is 0 Å². The molecule has 3 aromatic rings. The zero-order valence-electron chi connectivity index (χ0n) is 11.4. The van der Waals surface area contributed by atoms with E-state index < -0.39 is 0 Å². The molecule has 1 aliphatic carbocycles. The number of aromatic nitrogens is 1. The van der Waals surface area contributed by atoms with E-state index in [0.717, 1.165) is 10.9 Å². The highest BCUT2D eigenvalue weighted by atomic mass is 79.9. The van der Waals surface area contributed by atoms with Crippen molar-refractivity contribution in [3.63, 3.8) is 0 Å². The van der Waals surface area contributed by atoms with Gasteiger partial charge in [0.25, 0.3) is 0 Å². The second-order valence-corrected chi connectivity index (χ2v) is 6.20. The van der Waals surface area contributed by atoms with Crippen LogP contribution in [0.4, 0.5) is 0 Å². The number of hydrogen-bond donors (Lipinski definition) is 1. The summed E-state index contributed by atoms with van der Waals surface area (Å²) in [4.78, 5) is 3.48. The van der Waals surface area contributed by atoms with Crippen molar-refractivity contribution in [2.75, 3.05) is 0 Å². The maximum absolute atomic E-state index is 3.56. The van der Waals surface area contributed by atoms with Gasteiger partial charge < -0.3 is 4.98 Å². The van der Waals surface area contributed by atoms with E-state index >= 15 is 0 Å². The van der Waals surface area contributed by atoms with Gasteiger partial charge in [0.15, 0.2) is 0 Å². The van der Waals surface area contributed by atoms with E-state index in [9.17, 15) is 0 Å². The van der Waals surface area contributed by atoms with E-state index in [4.69, 9.17) is 0 Å². The molecule has 0 unspecified atom stereocenters. The zero-order chi connectivity index (χ0) is 14.2. The molecule has 102 valence electrons. The number of hydrogen-bond acceptors (Lipinski definition) is 0. The summed E-state index contributed by atoms with van der Waals surface area (Å²) in [6.07, 6.45) is 11.7. The number of allylic oxidation sites excluding steroid dienone is 6. The van der Waals surface area contributed by atoms with Gasteiger partial charge in [-0.1, -0.05) is 52.4 Å². The number of nitrogens with one attached hydrogen (secondary N) is 1. The largest absolute Gasteiger partial charge is 0.355 e. The average molecular weight is 336 g/mol. The van der Waals surface area contributed by atoms with Crippen molar-refractivity contribution in [2.45, 2.75) is 6.42 Å². The third-order valence-corrected chi connectivity index (χ3v) is 4.42. The van der Waals surface area contributed by atoms with Crippen LogP contribution < -0.4 is 0 Å². The van der Waals surface area contributed by atoms with E-state index in [2.05, 4.69) is 87.7 Å². The number of benzene rings is 2. The Morgan fingerprint density at radius 3 is 2.57 bits per heavy atom. The van der Waals surface area contributed by atoms with E-state index in [1.165, 1.54) is 32.9 Å². The van der Waals surface area contributed by atoms with Gasteiger partial charge in [0.1, 0.15) is 0 Å². The molecule has 0 atom stereocenters. The molecule has 0 fully saturated rings. The molecular formula is C19H14BrN. The summed E-state index contributed by atoms with van der Waals surface area (Å²) >= 11 is 3.56. The Kier molecular flexibility index (Phi) is 3.04. The number of H-pyrrole nitrogens is 1. The van der Waals surface area contributed by atoms with Gasteiger partial charge >= 0.3 is 0 Å². The first-order valence-corrected chi connectivity index (χ1v) is 7.84. The van der Waals surface area contributed by atoms with Gasteiger partial charge in [-0.05, 0) is 47.9 Å². The molecule has 0 amide bonds. The fourth-order valence-corrected chi connectivity index (χ4v) is 3.22. The molecule has 1 aliphatic rings. The predicted molar refractivity (Wildman–Crippen MR) is 94.4 cm³/mol. The summed E-state index contributed by atoms with van der Waals surface area (Å²) in [5.41, 5.74) is 5.01. The highest BCUT2D eigenvalue weighted by molar-refractivity contribution is 9.10. The fourth-order valence-electron chi connectivity index (χ4n) is 2.86. The SMILES string of the molecule is Brc1ccc2[nH]c3ccc(C4=CC=CC=CC4)cc3c2c1. The van der Waals surface area contributed by atoms with Gasteiger partial charge in [-0.25, -0.2) is 0 Å². The highest BCUT2D eigenvalue weighted by Gasteiger charge is 2.07. The van der Waals surface area contributed by atoms with Gasteiger partial charge in [0.2, 0.25) is 0 Å². The minimum Gasteiger partial charge on any atom is -0.355 e. The van der Waals surface area contributed by atoms with E-state index in [0.29, 0.717) is 0 Å². The number of halogens is 1. The molecule has 4 rings (SSSR count). The van der Waals surface area contributed by atoms with Gasteiger partial charge in [0, 0.05) is 26.3 Å². The Morgan fingerprint density at radius 1 is 0.857 bits per heavy atom. The average Bonchev–Trinajstić information content (AvgIpc) is 2.68. The number of rotatable bonds is 1. The van der Waals surface area contributed by atoms with Crippen LogP contribution in [-0.4, -0.2) is 4.98 Å². The van der Waals surface area contributed by atoms with Crippen LogP contribution in [0.15, 0.2) is 71.3 Å².